The van der Waals surface area contributed by atoms with Crippen LogP contribution in [-0.4, -0.2) is 64.7 Å². The van der Waals surface area contributed by atoms with E-state index in [0.29, 0.717) is 23.8 Å². The van der Waals surface area contributed by atoms with Crippen LogP contribution in [0.3, 0.4) is 0 Å². The summed E-state index contributed by atoms with van der Waals surface area (Å²) in [6.45, 7) is 6.51. The maximum absolute atomic E-state index is 12.8. The number of imidazole rings is 1. The number of allylic oxidation sites excluding steroid dienone is 1. The van der Waals surface area contributed by atoms with Crippen molar-refractivity contribution in [3.63, 3.8) is 0 Å². The monoisotopic (exact) mass is 405 g/mol. The first-order valence-corrected chi connectivity index (χ1v) is 10.1. The summed E-state index contributed by atoms with van der Waals surface area (Å²) in [5, 5.41) is 6.31. The van der Waals surface area contributed by atoms with Crippen molar-refractivity contribution in [2.75, 3.05) is 32.7 Å². The van der Waals surface area contributed by atoms with Crippen LogP contribution in [0.1, 0.15) is 17.6 Å². The standard InChI is InChI=1S/C21H23N7O2/c1-13-10-23-11-16(18(13)28-8-6-22-7-9-28)27-20(29)21-24-12-17(30-21)19-25-14-4-2-3-5-15(14)26-19/h2-5,11-13,22H,6-10H2,1H3,(H,25,26)(H,27,29). The van der Waals surface area contributed by atoms with Crippen molar-refractivity contribution in [1.82, 2.24) is 30.5 Å². The van der Waals surface area contributed by atoms with Crippen LogP contribution in [0.15, 0.2) is 51.3 Å². The summed E-state index contributed by atoms with van der Waals surface area (Å²) in [6, 6.07) is 7.69. The number of aliphatic imine (C=N–C) groups is 1. The van der Waals surface area contributed by atoms with Crippen molar-refractivity contribution in [2.24, 2.45) is 10.9 Å². The van der Waals surface area contributed by atoms with Crippen LogP contribution < -0.4 is 10.6 Å². The Hall–Kier alpha value is -3.46. The zero-order valence-electron chi connectivity index (χ0n) is 16.7. The smallest absolute Gasteiger partial charge is 0.311 e. The predicted octanol–water partition coefficient (Wildman–Crippen LogP) is 1.78. The maximum atomic E-state index is 12.8. The van der Waals surface area contributed by atoms with E-state index >= 15 is 0 Å². The van der Waals surface area contributed by atoms with Gasteiger partial charge in [0.25, 0.3) is 5.89 Å². The highest BCUT2D eigenvalue weighted by Crippen LogP contribution is 2.24. The summed E-state index contributed by atoms with van der Waals surface area (Å²) in [7, 11) is 0. The molecule has 3 N–H and O–H groups in total. The van der Waals surface area contributed by atoms with Gasteiger partial charge in [-0.25, -0.2) is 9.97 Å². The fourth-order valence-corrected chi connectivity index (χ4v) is 3.94. The number of carbonyl (C=O) groups excluding carboxylic acids is 1. The number of hydrogen-bond donors (Lipinski definition) is 3. The Balaban J connectivity index is 1.38. The van der Waals surface area contributed by atoms with Gasteiger partial charge < -0.3 is 24.9 Å². The molecule has 1 atom stereocenters. The van der Waals surface area contributed by atoms with Crippen LogP contribution in [0.25, 0.3) is 22.6 Å². The molecule has 154 valence electrons. The number of fused-ring (bicyclic) bond motifs is 1. The summed E-state index contributed by atoms with van der Waals surface area (Å²) in [4.78, 5) is 31.4. The second kappa shape index (κ2) is 7.75. The van der Waals surface area contributed by atoms with Crippen molar-refractivity contribution in [2.45, 2.75) is 6.92 Å². The normalized spacial score (nSPS) is 19.5. The Labute approximate surface area is 173 Å². The van der Waals surface area contributed by atoms with Crippen molar-refractivity contribution in [3.8, 4) is 11.6 Å². The van der Waals surface area contributed by atoms with E-state index in [2.05, 4.69) is 42.4 Å². The number of nitrogens with one attached hydrogen (secondary N) is 3. The fourth-order valence-electron chi connectivity index (χ4n) is 3.94. The third kappa shape index (κ3) is 3.48. The number of amides is 1. The number of H-pyrrole nitrogens is 1. The molecule has 0 radical (unpaired) electrons. The molecule has 9 nitrogen and oxygen atoms in total. The molecule has 0 bridgehead atoms. The summed E-state index contributed by atoms with van der Waals surface area (Å²) in [5.41, 5.74) is 3.55. The van der Waals surface area contributed by atoms with Crippen molar-refractivity contribution in [3.05, 3.63) is 47.7 Å². The molecular weight excluding hydrogens is 382 g/mol. The first-order valence-electron chi connectivity index (χ1n) is 10.1. The van der Waals surface area contributed by atoms with E-state index < -0.39 is 5.91 Å². The number of rotatable bonds is 4. The molecule has 0 aliphatic carbocycles. The highest BCUT2D eigenvalue weighted by atomic mass is 16.4. The van der Waals surface area contributed by atoms with Gasteiger partial charge in [-0.3, -0.25) is 9.79 Å². The van der Waals surface area contributed by atoms with E-state index in [-0.39, 0.29) is 11.8 Å². The molecule has 9 heteroatoms. The van der Waals surface area contributed by atoms with Crippen LogP contribution in [0.2, 0.25) is 0 Å². The Kier molecular flexibility index (Phi) is 4.80. The van der Waals surface area contributed by atoms with Gasteiger partial charge in [-0.1, -0.05) is 19.1 Å². The molecule has 1 amide bonds. The van der Waals surface area contributed by atoms with Gasteiger partial charge >= 0.3 is 5.91 Å². The summed E-state index contributed by atoms with van der Waals surface area (Å²) in [6.07, 6.45) is 3.24. The summed E-state index contributed by atoms with van der Waals surface area (Å²) >= 11 is 0. The SMILES string of the molecule is CC1CN=CC(NC(=O)c2ncc(-c3nc4ccccc4[nH]3)o2)=C1N1CCNCC1. The molecule has 1 fully saturated rings. The van der Waals surface area contributed by atoms with E-state index in [1.807, 2.05) is 24.3 Å². The van der Waals surface area contributed by atoms with Crippen molar-refractivity contribution in [1.29, 1.82) is 0 Å². The first-order chi connectivity index (χ1) is 14.7. The van der Waals surface area contributed by atoms with Crippen LogP contribution in [0, 0.1) is 5.92 Å². The number of carbonyl (C=O) groups is 1. The number of dihydropyridines is 1. The lowest BCUT2D eigenvalue weighted by Gasteiger charge is -2.36. The number of aromatic amines is 1. The topological polar surface area (TPSA) is 111 Å². The van der Waals surface area contributed by atoms with Crippen LogP contribution in [0.4, 0.5) is 0 Å². The lowest BCUT2D eigenvalue weighted by Crippen LogP contribution is -2.46. The minimum atomic E-state index is -0.402. The van der Waals surface area contributed by atoms with Crippen LogP contribution in [-0.2, 0) is 0 Å². The molecule has 0 spiro atoms. The number of nitrogens with zero attached hydrogens (tertiary/aromatic N) is 4. The molecule has 2 aliphatic heterocycles. The van der Waals surface area contributed by atoms with Gasteiger partial charge in [0.2, 0.25) is 0 Å². The molecule has 1 saturated heterocycles. The number of aromatic nitrogens is 3. The molecule has 0 saturated carbocycles. The summed E-state index contributed by atoms with van der Waals surface area (Å²) in [5.74, 6) is 0.776. The number of benzene rings is 1. The average Bonchev–Trinajstić information content (AvgIpc) is 3.42. The molecular formula is C21H23N7O2. The van der Waals surface area contributed by atoms with Gasteiger partial charge in [-0.15, -0.1) is 0 Å². The predicted molar refractivity (Wildman–Crippen MR) is 113 cm³/mol. The first kappa shape index (κ1) is 18.6. The third-order valence-corrected chi connectivity index (χ3v) is 5.37. The van der Waals surface area contributed by atoms with E-state index in [0.717, 1.165) is 42.9 Å². The quantitative estimate of drug-likeness (QED) is 0.610. The Morgan fingerprint density at radius 2 is 2.10 bits per heavy atom. The molecule has 2 aliphatic rings. The second-order valence-corrected chi connectivity index (χ2v) is 7.52. The largest absolute Gasteiger partial charge is 0.429 e. The lowest BCUT2D eigenvalue weighted by atomic mass is 10.0. The zero-order valence-corrected chi connectivity index (χ0v) is 16.7. The molecule has 5 rings (SSSR count). The molecule has 3 aromatic rings. The highest BCUT2D eigenvalue weighted by Gasteiger charge is 2.26. The van der Waals surface area contributed by atoms with Crippen molar-refractivity contribution >= 4 is 23.2 Å². The van der Waals surface area contributed by atoms with E-state index in [1.165, 1.54) is 6.20 Å². The zero-order chi connectivity index (χ0) is 20.5. The Morgan fingerprint density at radius 3 is 2.93 bits per heavy atom. The number of oxazole rings is 1. The lowest BCUT2D eigenvalue weighted by molar-refractivity contribution is 0.0932. The Bertz CT molecular complexity index is 1100. The molecule has 1 aromatic carbocycles. The highest BCUT2D eigenvalue weighted by molar-refractivity contribution is 5.96. The van der Waals surface area contributed by atoms with Crippen LogP contribution >= 0.6 is 0 Å². The van der Waals surface area contributed by atoms with Gasteiger partial charge in [0.1, 0.15) is 0 Å². The molecule has 4 heterocycles. The number of hydrogen-bond acceptors (Lipinski definition) is 7. The molecule has 1 unspecified atom stereocenters. The van der Waals surface area contributed by atoms with Gasteiger partial charge in [-0.05, 0) is 12.1 Å². The maximum Gasteiger partial charge on any atom is 0.311 e. The third-order valence-electron chi connectivity index (χ3n) is 5.37. The average molecular weight is 405 g/mol. The van der Waals surface area contributed by atoms with Crippen LogP contribution in [0.5, 0.6) is 0 Å². The summed E-state index contributed by atoms with van der Waals surface area (Å²) < 4.78 is 5.70. The van der Waals surface area contributed by atoms with Gasteiger partial charge in [-0.2, -0.15) is 0 Å². The van der Waals surface area contributed by atoms with Crippen molar-refractivity contribution < 1.29 is 9.21 Å². The minimum Gasteiger partial charge on any atom is -0.429 e. The van der Waals surface area contributed by atoms with Gasteiger partial charge in [0.05, 0.1) is 22.9 Å². The number of piperazine rings is 1. The number of para-hydroxylation sites is 2. The second-order valence-electron chi connectivity index (χ2n) is 7.52. The van der Waals surface area contributed by atoms with Gasteiger partial charge in [0, 0.05) is 50.6 Å². The minimum absolute atomic E-state index is 0.00996. The Morgan fingerprint density at radius 1 is 1.27 bits per heavy atom. The van der Waals surface area contributed by atoms with E-state index in [9.17, 15) is 4.79 Å². The molecule has 30 heavy (non-hydrogen) atoms. The van der Waals surface area contributed by atoms with E-state index in [1.54, 1.807) is 6.21 Å². The fraction of sp³-hybridized carbons (Fsp3) is 0.333. The van der Waals surface area contributed by atoms with E-state index in [4.69, 9.17) is 4.42 Å². The van der Waals surface area contributed by atoms with Gasteiger partial charge in [0.15, 0.2) is 11.6 Å². The molecule has 2 aromatic heterocycles.